The number of para-hydroxylation sites is 1. The quantitative estimate of drug-likeness (QED) is 0.847. The van der Waals surface area contributed by atoms with Gasteiger partial charge in [0.05, 0.1) is 0 Å². The average Bonchev–Trinajstić information content (AvgIpc) is 2.74. The molecule has 3 saturated heterocycles. The highest BCUT2D eigenvalue weighted by Crippen LogP contribution is 2.15. The van der Waals surface area contributed by atoms with Crippen LogP contribution < -0.4 is 10.6 Å². The lowest BCUT2D eigenvalue weighted by Gasteiger charge is -2.47. The Hall–Kier alpha value is -2.70. The van der Waals surface area contributed by atoms with E-state index in [-0.39, 0.29) is 11.8 Å². The van der Waals surface area contributed by atoms with E-state index in [1.807, 2.05) is 30.3 Å². The summed E-state index contributed by atoms with van der Waals surface area (Å²) in [7, 11) is 0. The zero-order chi connectivity index (χ0) is 18.6. The number of carbonyl (C=O) groups excluding carboxylic acids is 2. The van der Waals surface area contributed by atoms with Gasteiger partial charge in [-0.15, -0.1) is 0 Å². The van der Waals surface area contributed by atoms with Crippen LogP contribution in [0.2, 0.25) is 0 Å². The van der Waals surface area contributed by atoms with E-state index in [2.05, 4.69) is 20.4 Å². The molecule has 0 spiro atoms. The third-order valence-corrected chi connectivity index (χ3v) is 5.33. The summed E-state index contributed by atoms with van der Waals surface area (Å²) < 4.78 is 0. The predicted octanol–water partition coefficient (Wildman–Crippen LogP) is 1.67. The molecule has 0 aromatic heterocycles. The smallest absolute Gasteiger partial charge is 0.255 e. The largest absolute Gasteiger partial charge is 0.350 e. The molecule has 0 saturated carbocycles. The van der Waals surface area contributed by atoms with E-state index in [1.54, 1.807) is 24.3 Å². The second kappa shape index (κ2) is 7.90. The first-order valence-electron chi connectivity index (χ1n) is 9.40. The molecule has 27 heavy (non-hydrogen) atoms. The van der Waals surface area contributed by atoms with Gasteiger partial charge >= 0.3 is 0 Å². The molecule has 2 aromatic carbocycles. The first-order chi connectivity index (χ1) is 13.2. The Balaban J connectivity index is 1.31. The Morgan fingerprint density at radius 3 is 2.07 bits per heavy atom. The summed E-state index contributed by atoms with van der Waals surface area (Å²) in [4.78, 5) is 29.6. The number of amides is 2. The van der Waals surface area contributed by atoms with Crippen molar-refractivity contribution >= 4 is 17.5 Å². The molecule has 140 valence electrons. The zero-order valence-electron chi connectivity index (χ0n) is 15.2. The van der Waals surface area contributed by atoms with Gasteiger partial charge < -0.3 is 10.6 Å². The van der Waals surface area contributed by atoms with E-state index >= 15 is 0 Å². The molecule has 3 fully saturated rings. The molecule has 2 N–H and O–H groups in total. The van der Waals surface area contributed by atoms with Crippen molar-refractivity contribution in [2.75, 3.05) is 44.6 Å². The van der Waals surface area contributed by atoms with E-state index in [0.717, 1.165) is 38.4 Å². The predicted molar refractivity (Wildman–Crippen MR) is 105 cm³/mol. The highest BCUT2D eigenvalue weighted by Gasteiger charge is 2.31. The van der Waals surface area contributed by atoms with Crippen LogP contribution >= 0.6 is 0 Å². The van der Waals surface area contributed by atoms with Crippen LogP contribution in [0.25, 0.3) is 0 Å². The van der Waals surface area contributed by atoms with Gasteiger partial charge in [-0.25, -0.2) is 0 Å². The molecule has 3 heterocycles. The number of nitrogens with one attached hydrogen (secondary N) is 2. The van der Waals surface area contributed by atoms with Crippen LogP contribution in [0.5, 0.6) is 0 Å². The monoisotopic (exact) mass is 364 g/mol. The maximum atomic E-state index is 12.4. The summed E-state index contributed by atoms with van der Waals surface area (Å²) in [5, 5.41) is 5.88. The van der Waals surface area contributed by atoms with E-state index in [0.29, 0.717) is 23.7 Å². The molecule has 1 unspecified atom stereocenters. The highest BCUT2D eigenvalue weighted by atomic mass is 16.2. The molecule has 3 aliphatic rings. The Kier molecular flexibility index (Phi) is 5.18. The molecule has 5 rings (SSSR count). The minimum absolute atomic E-state index is 0.0948. The van der Waals surface area contributed by atoms with Crippen LogP contribution in [-0.2, 0) is 0 Å². The third kappa shape index (κ3) is 4.18. The summed E-state index contributed by atoms with van der Waals surface area (Å²) in [6, 6.07) is 16.5. The number of rotatable bonds is 5. The van der Waals surface area contributed by atoms with Crippen LogP contribution in [0.3, 0.4) is 0 Å². The zero-order valence-corrected chi connectivity index (χ0v) is 15.2. The Labute approximate surface area is 159 Å². The number of anilines is 1. The van der Waals surface area contributed by atoms with Gasteiger partial charge in [-0.05, 0) is 36.4 Å². The number of carbonyl (C=O) groups is 2. The van der Waals surface area contributed by atoms with Crippen molar-refractivity contribution in [2.24, 2.45) is 0 Å². The van der Waals surface area contributed by atoms with Gasteiger partial charge in [0, 0.05) is 62.1 Å². The van der Waals surface area contributed by atoms with Gasteiger partial charge in [0.15, 0.2) is 0 Å². The van der Waals surface area contributed by atoms with Crippen molar-refractivity contribution in [1.82, 2.24) is 15.1 Å². The van der Waals surface area contributed by atoms with E-state index in [1.165, 1.54) is 0 Å². The average molecular weight is 364 g/mol. The Morgan fingerprint density at radius 2 is 1.48 bits per heavy atom. The second-order valence-electron chi connectivity index (χ2n) is 7.10. The number of hydrogen-bond acceptors (Lipinski definition) is 4. The molecule has 0 radical (unpaired) electrons. The second-order valence-corrected chi connectivity index (χ2v) is 7.10. The van der Waals surface area contributed by atoms with Gasteiger partial charge in [0.1, 0.15) is 0 Å². The standard InChI is InChI=1S/C21H24N4O2/c26-20(22-14-19-15-24-10-12-25(19)13-11-24)16-6-8-17(9-7-16)21(27)23-18-4-2-1-3-5-18/h1-9,19H,10-15H2,(H,22,26)(H,23,27). The number of nitrogens with zero attached hydrogens (tertiary/aromatic N) is 2. The topological polar surface area (TPSA) is 64.7 Å². The fourth-order valence-corrected chi connectivity index (χ4v) is 3.73. The van der Waals surface area contributed by atoms with Gasteiger partial charge in [-0.3, -0.25) is 19.4 Å². The van der Waals surface area contributed by atoms with Crippen LogP contribution in [0.4, 0.5) is 5.69 Å². The molecule has 2 bridgehead atoms. The van der Waals surface area contributed by atoms with Crippen molar-refractivity contribution in [1.29, 1.82) is 0 Å². The van der Waals surface area contributed by atoms with Crippen molar-refractivity contribution in [3.63, 3.8) is 0 Å². The number of benzene rings is 2. The minimum atomic E-state index is -0.187. The van der Waals surface area contributed by atoms with Gasteiger partial charge in [0.25, 0.3) is 11.8 Å². The van der Waals surface area contributed by atoms with E-state index in [9.17, 15) is 9.59 Å². The normalized spacial score (nSPS) is 23.6. The molecular formula is C21H24N4O2. The lowest BCUT2D eigenvalue weighted by Crippen LogP contribution is -2.63. The van der Waals surface area contributed by atoms with Crippen molar-refractivity contribution in [3.8, 4) is 0 Å². The molecular weight excluding hydrogens is 340 g/mol. The van der Waals surface area contributed by atoms with Crippen LogP contribution in [-0.4, -0.2) is 66.9 Å². The van der Waals surface area contributed by atoms with Crippen LogP contribution in [0.15, 0.2) is 54.6 Å². The molecule has 2 aromatic rings. The van der Waals surface area contributed by atoms with Crippen molar-refractivity contribution in [2.45, 2.75) is 6.04 Å². The van der Waals surface area contributed by atoms with Crippen LogP contribution in [0.1, 0.15) is 20.7 Å². The Bertz CT molecular complexity index is 799. The van der Waals surface area contributed by atoms with Crippen molar-refractivity contribution < 1.29 is 9.59 Å². The number of hydrogen-bond donors (Lipinski definition) is 2. The van der Waals surface area contributed by atoms with Crippen molar-refractivity contribution in [3.05, 3.63) is 65.7 Å². The van der Waals surface area contributed by atoms with Crippen LogP contribution in [0, 0.1) is 0 Å². The number of fused-ring (bicyclic) bond motifs is 3. The first-order valence-corrected chi connectivity index (χ1v) is 9.40. The third-order valence-electron chi connectivity index (χ3n) is 5.33. The summed E-state index contributed by atoms with van der Waals surface area (Å²) in [5.41, 5.74) is 1.85. The number of piperazine rings is 3. The van der Waals surface area contributed by atoms with Gasteiger partial charge in [0.2, 0.25) is 0 Å². The summed E-state index contributed by atoms with van der Waals surface area (Å²) in [6.45, 7) is 6.13. The lowest BCUT2D eigenvalue weighted by atomic mass is 10.1. The molecule has 6 heteroatoms. The molecule has 6 nitrogen and oxygen atoms in total. The highest BCUT2D eigenvalue weighted by molar-refractivity contribution is 6.05. The maximum Gasteiger partial charge on any atom is 0.255 e. The molecule has 3 aliphatic heterocycles. The van der Waals surface area contributed by atoms with Gasteiger partial charge in [-0.2, -0.15) is 0 Å². The Morgan fingerprint density at radius 1 is 0.852 bits per heavy atom. The summed E-state index contributed by atoms with van der Waals surface area (Å²) >= 11 is 0. The van der Waals surface area contributed by atoms with Gasteiger partial charge in [-0.1, -0.05) is 18.2 Å². The summed E-state index contributed by atoms with van der Waals surface area (Å²) in [5.74, 6) is -0.282. The molecule has 1 atom stereocenters. The molecule has 0 aliphatic carbocycles. The maximum absolute atomic E-state index is 12.4. The van der Waals surface area contributed by atoms with E-state index in [4.69, 9.17) is 0 Å². The first kappa shape index (κ1) is 17.7. The summed E-state index contributed by atoms with van der Waals surface area (Å²) in [6.07, 6.45) is 0. The fourth-order valence-electron chi connectivity index (χ4n) is 3.73. The fraction of sp³-hybridized carbons (Fsp3) is 0.333. The lowest BCUT2D eigenvalue weighted by molar-refractivity contribution is 0.0138. The minimum Gasteiger partial charge on any atom is -0.350 e. The molecule has 2 amide bonds. The SMILES string of the molecule is O=C(NCC1CN2CCN1CC2)c1ccc(C(=O)Nc2ccccc2)cc1. The van der Waals surface area contributed by atoms with E-state index < -0.39 is 0 Å².